The number of benzene rings is 1. The van der Waals surface area contributed by atoms with Crippen LogP contribution in [0.5, 0.6) is 0 Å². The fourth-order valence-electron chi connectivity index (χ4n) is 4.17. The van der Waals surface area contributed by atoms with Crippen molar-refractivity contribution in [3.05, 3.63) is 87.8 Å². The molecule has 1 fully saturated rings. The molecule has 4 heterocycles. The fraction of sp³-hybridized carbons (Fsp3) is 0.208. The van der Waals surface area contributed by atoms with E-state index < -0.39 is 4.92 Å². The molecular weight excluding hydrogens is 456 g/mol. The molecule has 3 aromatic heterocycles. The molecule has 172 valence electrons. The molecule has 0 saturated carbocycles. The van der Waals surface area contributed by atoms with Gasteiger partial charge in [-0.15, -0.1) is 0 Å². The summed E-state index contributed by atoms with van der Waals surface area (Å²) in [6, 6.07) is 16.3. The number of aromatic nitrogens is 3. The number of hydrogen-bond acceptors (Lipinski definition) is 6. The fourth-order valence-corrected chi connectivity index (χ4v) is 4.29. The van der Waals surface area contributed by atoms with Crippen molar-refractivity contribution in [3.8, 4) is 11.3 Å². The van der Waals surface area contributed by atoms with Crippen LogP contribution < -0.4 is 4.90 Å². The number of anilines is 1. The van der Waals surface area contributed by atoms with E-state index in [4.69, 9.17) is 16.6 Å². The van der Waals surface area contributed by atoms with Gasteiger partial charge in [0.15, 0.2) is 0 Å². The third-order valence-electron chi connectivity index (χ3n) is 5.96. The van der Waals surface area contributed by atoms with E-state index in [0.29, 0.717) is 37.0 Å². The number of carbonyl (C=O) groups excluding carboxylic acids is 1. The topological polar surface area (TPSA) is 96.9 Å². The van der Waals surface area contributed by atoms with Crippen LogP contribution in [0.3, 0.4) is 0 Å². The van der Waals surface area contributed by atoms with E-state index >= 15 is 0 Å². The second-order valence-corrected chi connectivity index (χ2v) is 8.46. The number of hydrogen-bond donors (Lipinski definition) is 0. The molecule has 34 heavy (non-hydrogen) atoms. The largest absolute Gasteiger partial charge is 0.353 e. The number of amides is 1. The summed E-state index contributed by atoms with van der Waals surface area (Å²) in [7, 11) is 0. The molecule has 0 atom stereocenters. The highest BCUT2D eigenvalue weighted by Crippen LogP contribution is 2.27. The van der Waals surface area contributed by atoms with Gasteiger partial charge in [0.05, 0.1) is 22.7 Å². The monoisotopic (exact) mass is 476 g/mol. The molecule has 1 aliphatic rings. The first-order valence-electron chi connectivity index (χ1n) is 10.8. The Morgan fingerprint density at radius 2 is 1.79 bits per heavy atom. The maximum atomic E-state index is 13.3. The van der Waals surface area contributed by atoms with Gasteiger partial charge in [-0.1, -0.05) is 29.8 Å². The number of pyridine rings is 2. The van der Waals surface area contributed by atoms with E-state index in [1.165, 1.54) is 12.3 Å². The van der Waals surface area contributed by atoms with Gasteiger partial charge in [0, 0.05) is 49.0 Å². The van der Waals surface area contributed by atoms with Gasteiger partial charge in [-0.05, 0) is 30.3 Å². The minimum absolute atomic E-state index is 0.0252. The van der Waals surface area contributed by atoms with E-state index in [-0.39, 0.29) is 18.0 Å². The molecule has 1 aliphatic heterocycles. The highest BCUT2D eigenvalue weighted by molar-refractivity contribution is 6.30. The SMILES string of the molecule is O=C(Cc1c(-c2ccc(Cl)cc2)nc2ccccn12)N1CCN(c2ccc([N+](=O)[O-])cn2)CC1. The first kappa shape index (κ1) is 21.8. The molecule has 10 heteroatoms. The normalized spacial score (nSPS) is 13.9. The molecule has 1 saturated heterocycles. The quantitative estimate of drug-likeness (QED) is 0.320. The van der Waals surface area contributed by atoms with Crippen LogP contribution in [-0.4, -0.2) is 56.3 Å². The number of imidazole rings is 1. The Bertz CT molecular complexity index is 1350. The molecule has 0 aliphatic carbocycles. The number of halogens is 1. The summed E-state index contributed by atoms with van der Waals surface area (Å²) >= 11 is 6.06. The van der Waals surface area contributed by atoms with E-state index in [2.05, 4.69) is 4.98 Å². The Morgan fingerprint density at radius 3 is 2.47 bits per heavy atom. The standard InChI is InChI=1S/C24H21ClN6O3/c25-18-6-4-17(5-7-18)24-20(30-10-2-1-3-22(30)27-24)15-23(32)29-13-11-28(12-14-29)21-9-8-19(16-26-21)31(33)34/h1-10,16H,11-15H2. The first-order chi connectivity index (χ1) is 16.5. The molecule has 1 aromatic carbocycles. The average Bonchev–Trinajstić information content (AvgIpc) is 3.23. The van der Waals surface area contributed by atoms with Crippen molar-refractivity contribution in [3.63, 3.8) is 0 Å². The summed E-state index contributed by atoms with van der Waals surface area (Å²) in [4.78, 5) is 36.5. The average molecular weight is 477 g/mol. The van der Waals surface area contributed by atoms with Gasteiger partial charge in [0.1, 0.15) is 17.7 Å². The summed E-state index contributed by atoms with van der Waals surface area (Å²) < 4.78 is 1.96. The summed E-state index contributed by atoms with van der Waals surface area (Å²) in [5.41, 5.74) is 3.25. The molecule has 0 N–H and O–H groups in total. The highest BCUT2D eigenvalue weighted by atomic mass is 35.5. The third-order valence-corrected chi connectivity index (χ3v) is 6.22. The molecular formula is C24H21ClN6O3. The summed E-state index contributed by atoms with van der Waals surface area (Å²) in [6.45, 7) is 2.30. The van der Waals surface area contributed by atoms with Crippen LogP contribution in [0.1, 0.15) is 5.69 Å². The molecule has 4 aromatic rings. The molecule has 1 amide bonds. The molecule has 9 nitrogen and oxygen atoms in total. The lowest BCUT2D eigenvalue weighted by atomic mass is 10.1. The summed E-state index contributed by atoms with van der Waals surface area (Å²) in [6.07, 6.45) is 3.40. The van der Waals surface area contributed by atoms with Gasteiger partial charge in [0.2, 0.25) is 5.91 Å². The van der Waals surface area contributed by atoms with Crippen molar-refractivity contribution < 1.29 is 9.72 Å². The third kappa shape index (κ3) is 4.29. The Balaban J connectivity index is 1.32. The minimum Gasteiger partial charge on any atom is -0.353 e. The molecule has 0 radical (unpaired) electrons. The maximum absolute atomic E-state index is 13.3. The first-order valence-corrected chi connectivity index (χ1v) is 11.2. The van der Waals surface area contributed by atoms with Crippen molar-refractivity contribution in [2.45, 2.75) is 6.42 Å². The van der Waals surface area contributed by atoms with E-state index in [0.717, 1.165) is 22.6 Å². The van der Waals surface area contributed by atoms with Crippen LogP contribution in [0, 0.1) is 10.1 Å². The van der Waals surface area contributed by atoms with Crippen molar-refractivity contribution in [1.29, 1.82) is 0 Å². The van der Waals surface area contributed by atoms with Crippen molar-refractivity contribution >= 4 is 34.7 Å². The number of nitro groups is 1. The molecule has 0 unspecified atom stereocenters. The number of rotatable bonds is 5. The van der Waals surface area contributed by atoms with E-state index in [9.17, 15) is 14.9 Å². The lowest BCUT2D eigenvalue weighted by Crippen LogP contribution is -2.49. The van der Waals surface area contributed by atoms with Gasteiger partial charge in [-0.2, -0.15) is 0 Å². The number of piperazine rings is 1. The smallest absolute Gasteiger partial charge is 0.287 e. The van der Waals surface area contributed by atoms with Crippen LogP contribution >= 0.6 is 11.6 Å². The Morgan fingerprint density at radius 1 is 1.03 bits per heavy atom. The van der Waals surface area contributed by atoms with Crippen molar-refractivity contribution in [2.75, 3.05) is 31.1 Å². The van der Waals surface area contributed by atoms with E-state index in [1.807, 2.05) is 62.9 Å². The van der Waals surface area contributed by atoms with Crippen LogP contribution in [0.2, 0.25) is 5.02 Å². The van der Waals surface area contributed by atoms with Gasteiger partial charge in [-0.3, -0.25) is 14.9 Å². The number of fused-ring (bicyclic) bond motifs is 1. The summed E-state index contributed by atoms with van der Waals surface area (Å²) in [5.74, 6) is 0.696. The maximum Gasteiger partial charge on any atom is 0.287 e. The van der Waals surface area contributed by atoms with Gasteiger partial charge in [-0.25, -0.2) is 9.97 Å². The Labute approximate surface area is 200 Å². The molecule has 0 spiro atoms. The minimum atomic E-state index is -0.466. The van der Waals surface area contributed by atoms with Crippen molar-refractivity contribution in [1.82, 2.24) is 19.3 Å². The zero-order valence-corrected chi connectivity index (χ0v) is 18.9. The molecule has 5 rings (SSSR count). The zero-order valence-electron chi connectivity index (χ0n) is 18.2. The number of nitrogens with zero attached hydrogens (tertiary/aromatic N) is 6. The molecule has 0 bridgehead atoms. The van der Waals surface area contributed by atoms with Gasteiger partial charge < -0.3 is 14.2 Å². The number of carbonyl (C=O) groups is 1. The van der Waals surface area contributed by atoms with Gasteiger partial charge in [0.25, 0.3) is 5.69 Å². The second-order valence-electron chi connectivity index (χ2n) is 8.02. The Hall–Kier alpha value is -3.98. The van der Waals surface area contributed by atoms with Crippen LogP contribution in [0.4, 0.5) is 11.5 Å². The highest BCUT2D eigenvalue weighted by Gasteiger charge is 2.25. The van der Waals surface area contributed by atoms with Gasteiger partial charge >= 0.3 is 0 Å². The predicted octanol–water partition coefficient (Wildman–Crippen LogP) is 3.85. The lowest BCUT2D eigenvalue weighted by molar-refractivity contribution is -0.385. The Kier molecular flexibility index (Phi) is 5.85. The van der Waals surface area contributed by atoms with Crippen LogP contribution in [-0.2, 0) is 11.2 Å². The zero-order chi connectivity index (χ0) is 23.7. The predicted molar refractivity (Wildman–Crippen MR) is 129 cm³/mol. The van der Waals surface area contributed by atoms with Crippen molar-refractivity contribution in [2.24, 2.45) is 0 Å². The van der Waals surface area contributed by atoms with Crippen LogP contribution in [0.15, 0.2) is 67.0 Å². The lowest BCUT2D eigenvalue weighted by Gasteiger charge is -2.35. The second kappa shape index (κ2) is 9.11. The summed E-state index contributed by atoms with van der Waals surface area (Å²) in [5, 5.41) is 11.5. The van der Waals surface area contributed by atoms with E-state index in [1.54, 1.807) is 6.07 Å². The van der Waals surface area contributed by atoms with Crippen LogP contribution in [0.25, 0.3) is 16.9 Å².